The highest BCUT2D eigenvalue weighted by molar-refractivity contribution is 6.10. The van der Waals surface area contributed by atoms with Crippen LogP contribution in [0.15, 0.2) is 164 Å². The average Bonchev–Trinajstić information content (AvgIpc) is 3.51. The van der Waals surface area contributed by atoms with Crippen LogP contribution in [0.3, 0.4) is 0 Å². The Morgan fingerprint density at radius 3 is 2.08 bits per heavy atom. The van der Waals surface area contributed by atoms with E-state index in [1.165, 1.54) is 21.8 Å². The predicted octanol–water partition coefficient (Wildman–Crippen LogP) is 11.3. The molecule has 0 spiro atoms. The minimum atomic E-state index is 0.500. The van der Waals surface area contributed by atoms with Gasteiger partial charge in [-0.1, -0.05) is 115 Å². The Kier molecular flexibility index (Phi) is 6.21. The molecule has 0 unspecified atom stereocenters. The molecule has 0 saturated heterocycles. The number of hydrogen-bond acceptors (Lipinski definition) is 3. The van der Waals surface area contributed by atoms with Gasteiger partial charge in [0.05, 0.1) is 22.2 Å². The molecule has 7 aromatic carbocycles. The molecule has 0 amide bonds. The number of benzene rings is 7. The Balaban J connectivity index is 1.15. The first-order valence-electron chi connectivity index (χ1n) is 16.6. The van der Waals surface area contributed by atoms with Crippen molar-refractivity contribution in [2.45, 2.75) is 6.61 Å². The molecule has 0 bridgehead atoms. The highest BCUT2D eigenvalue weighted by Gasteiger charge is 2.24. The van der Waals surface area contributed by atoms with E-state index in [0.717, 1.165) is 67.0 Å². The van der Waals surface area contributed by atoms with Crippen LogP contribution in [0.25, 0.3) is 83.3 Å². The van der Waals surface area contributed by atoms with Gasteiger partial charge in [-0.05, 0) is 65.2 Å². The van der Waals surface area contributed by atoms with Gasteiger partial charge >= 0.3 is 0 Å². The number of fused-ring (bicyclic) bond motifs is 7. The van der Waals surface area contributed by atoms with Crippen molar-refractivity contribution in [1.82, 2.24) is 14.5 Å². The second-order valence-electron chi connectivity index (χ2n) is 12.5. The number of nitrogens with zero attached hydrogens (tertiary/aromatic N) is 3. The highest BCUT2D eigenvalue weighted by atomic mass is 16.5. The molecule has 2 aromatic heterocycles. The lowest BCUT2D eigenvalue weighted by Gasteiger charge is -2.24. The van der Waals surface area contributed by atoms with E-state index in [1.807, 2.05) is 18.2 Å². The van der Waals surface area contributed by atoms with E-state index in [2.05, 4.69) is 150 Å². The second kappa shape index (κ2) is 11.0. The predicted molar refractivity (Wildman–Crippen MR) is 200 cm³/mol. The summed E-state index contributed by atoms with van der Waals surface area (Å²) in [6.07, 6.45) is 0. The SMILES string of the molecule is c1ccc(-c2nc(-c3cccc4c3-c3cc(-c5ccc6c(c5)c5ccccc5n6-c5ccccc5)ccc3OC4)nc3ccccc23)cc1. The molecule has 4 nitrogen and oxygen atoms in total. The van der Waals surface area contributed by atoms with Crippen LogP contribution in [0, 0.1) is 0 Å². The summed E-state index contributed by atoms with van der Waals surface area (Å²) in [4.78, 5) is 10.4. The molecular weight excluding hydrogens is 599 g/mol. The molecule has 1 aliphatic rings. The first kappa shape index (κ1) is 27.6. The number of rotatable bonds is 4. The summed E-state index contributed by atoms with van der Waals surface area (Å²) in [6, 6.07) is 57.6. The van der Waals surface area contributed by atoms with Crippen LogP contribution in [0.1, 0.15) is 5.56 Å². The third kappa shape index (κ3) is 4.45. The topological polar surface area (TPSA) is 39.9 Å². The molecule has 0 N–H and O–H groups in total. The van der Waals surface area contributed by atoms with E-state index >= 15 is 0 Å². The van der Waals surface area contributed by atoms with Gasteiger partial charge in [0, 0.05) is 44.1 Å². The summed E-state index contributed by atoms with van der Waals surface area (Å²) < 4.78 is 8.68. The average molecular weight is 628 g/mol. The number of ether oxygens (including phenoxy) is 1. The van der Waals surface area contributed by atoms with E-state index in [4.69, 9.17) is 14.7 Å². The fourth-order valence-corrected chi connectivity index (χ4v) is 7.43. The summed E-state index contributed by atoms with van der Waals surface area (Å²) in [5.41, 5.74) is 13.1. The van der Waals surface area contributed by atoms with Crippen LogP contribution >= 0.6 is 0 Å². The van der Waals surface area contributed by atoms with Crippen molar-refractivity contribution in [2.75, 3.05) is 0 Å². The van der Waals surface area contributed by atoms with Crippen LogP contribution in [-0.4, -0.2) is 14.5 Å². The molecular formula is C45H29N3O. The van der Waals surface area contributed by atoms with Crippen LogP contribution in [0.4, 0.5) is 0 Å². The Bertz CT molecular complexity index is 2710. The van der Waals surface area contributed by atoms with Crippen LogP contribution < -0.4 is 4.74 Å². The van der Waals surface area contributed by atoms with E-state index in [1.54, 1.807) is 0 Å². The number of hydrogen-bond donors (Lipinski definition) is 0. The quantitative estimate of drug-likeness (QED) is 0.195. The van der Waals surface area contributed by atoms with Crippen molar-refractivity contribution in [3.05, 3.63) is 169 Å². The molecule has 230 valence electrons. The van der Waals surface area contributed by atoms with Crippen LogP contribution in [-0.2, 0) is 6.61 Å². The second-order valence-corrected chi connectivity index (χ2v) is 12.5. The molecule has 0 radical (unpaired) electrons. The van der Waals surface area contributed by atoms with Gasteiger partial charge in [-0.25, -0.2) is 9.97 Å². The van der Waals surface area contributed by atoms with Crippen molar-refractivity contribution >= 4 is 32.7 Å². The molecule has 0 aliphatic carbocycles. The minimum absolute atomic E-state index is 0.500. The summed E-state index contributed by atoms with van der Waals surface area (Å²) in [7, 11) is 0. The Labute approximate surface area is 283 Å². The molecule has 9 aromatic rings. The van der Waals surface area contributed by atoms with Gasteiger partial charge in [0.25, 0.3) is 0 Å². The Morgan fingerprint density at radius 2 is 1.20 bits per heavy atom. The van der Waals surface area contributed by atoms with Crippen molar-refractivity contribution in [2.24, 2.45) is 0 Å². The number of aromatic nitrogens is 3. The molecule has 0 saturated carbocycles. The number of para-hydroxylation sites is 3. The normalized spacial score (nSPS) is 12.2. The zero-order valence-electron chi connectivity index (χ0n) is 26.5. The molecule has 10 rings (SSSR count). The van der Waals surface area contributed by atoms with E-state index in [0.29, 0.717) is 12.4 Å². The minimum Gasteiger partial charge on any atom is -0.488 e. The van der Waals surface area contributed by atoms with Gasteiger partial charge in [0.1, 0.15) is 12.4 Å². The first-order chi connectivity index (χ1) is 24.3. The summed E-state index contributed by atoms with van der Waals surface area (Å²) in [6.45, 7) is 0.500. The first-order valence-corrected chi connectivity index (χ1v) is 16.6. The zero-order valence-corrected chi connectivity index (χ0v) is 26.5. The van der Waals surface area contributed by atoms with Crippen molar-refractivity contribution in [3.8, 4) is 56.3 Å². The molecule has 3 heterocycles. The van der Waals surface area contributed by atoms with Gasteiger partial charge in [0.15, 0.2) is 5.82 Å². The fourth-order valence-electron chi connectivity index (χ4n) is 7.43. The van der Waals surface area contributed by atoms with Gasteiger partial charge in [-0.2, -0.15) is 0 Å². The van der Waals surface area contributed by atoms with Crippen molar-refractivity contribution < 1.29 is 4.74 Å². The summed E-state index contributed by atoms with van der Waals surface area (Å²) in [5, 5.41) is 3.50. The Morgan fingerprint density at radius 1 is 0.490 bits per heavy atom. The third-order valence-corrected chi connectivity index (χ3v) is 9.69. The smallest absolute Gasteiger partial charge is 0.161 e. The molecule has 0 atom stereocenters. The van der Waals surface area contributed by atoms with Crippen LogP contribution in [0.2, 0.25) is 0 Å². The fraction of sp³-hybridized carbons (Fsp3) is 0.0222. The maximum absolute atomic E-state index is 6.33. The molecule has 49 heavy (non-hydrogen) atoms. The standard InChI is InChI=1S/C45H29N3O/c1-3-12-29(13-4-1)44-35-18-7-9-20-39(35)46-45(47-44)36-19-11-14-32-28-49-42-25-23-31(27-38(42)43(32)36)30-22-24-41-37(26-30)34-17-8-10-21-40(34)48(41)33-15-5-2-6-16-33/h1-27H,28H2. The van der Waals surface area contributed by atoms with Gasteiger partial charge in [-0.3, -0.25) is 0 Å². The van der Waals surface area contributed by atoms with Gasteiger partial charge in [0.2, 0.25) is 0 Å². The van der Waals surface area contributed by atoms with Crippen molar-refractivity contribution in [1.29, 1.82) is 0 Å². The maximum Gasteiger partial charge on any atom is 0.161 e. The van der Waals surface area contributed by atoms with E-state index < -0.39 is 0 Å². The summed E-state index contributed by atoms with van der Waals surface area (Å²) in [5.74, 6) is 1.58. The lowest BCUT2D eigenvalue weighted by Crippen LogP contribution is -2.07. The van der Waals surface area contributed by atoms with Gasteiger partial charge < -0.3 is 9.30 Å². The highest BCUT2D eigenvalue weighted by Crippen LogP contribution is 2.45. The molecule has 1 aliphatic heterocycles. The third-order valence-electron chi connectivity index (χ3n) is 9.69. The molecule has 4 heteroatoms. The van der Waals surface area contributed by atoms with E-state index in [-0.39, 0.29) is 0 Å². The van der Waals surface area contributed by atoms with E-state index in [9.17, 15) is 0 Å². The zero-order chi connectivity index (χ0) is 32.3. The van der Waals surface area contributed by atoms with Crippen molar-refractivity contribution in [3.63, 3.8) is 0 Å². The lowest BCUT2D eigenvalue weighted by molar-refractivity contribution is 0.302. The maximum atomic E-state index is 6.33. The monoisotopic (exact) mass is 627 g/mol. The lowest BCUT2D eigenvalue weighted by atomic mass is 9.89. The van der Waals surface area contributed by atoms with Crippen LogP contribution in [0.5, 0.6) is 5.75 Å². The molecule has 0 fully saturated rings. The Hall–Kier alpha value is -6.52. The largest absolute Gasteiger partial charge is 0.488 e. The summed E-state index contributed by atoms with van der Waals surface area (Å²) >= 11 is 0. The van der Waals surface area contributed by atoms with Gasteiger partial charge in [-0.15, -0.1) is 0 Å².